The van der Waals surface area contributed by atoms with Crippen LogP contribution in [0.1, 0.15) is 218 Å². The van der Waals surface area contributed by atoms with Crippen LogP contribution in [0, 0.1) is 0 Å². The third-order valence-electron chi connectivity index (χ3n) is 11.5. The molecule has 1 nitrogen and oxygen atoms in total. The fourth-order valence-corrected chi connectivity index (χ4v) is 8.17. The van der Waals surface area contributed by atoms with Crippen molar-refractivity contribution in [2.45, 2.75) is 220 Å². The third-order valence-corrected chi connectivity index (χ3v) is 11.5. The van der Waals surface area contributed by atoms with E-state index in [1.807, 2.05) is 0 Å². The lowest BCUT2D eigenvalue weighted by Gasteiger charge is -2.39. The molecule has 0 heterocycles. The first-order valence-electron chi connectivity index (χ1n) is 23.5. The predicted octanol–water partition coefficient (Wildman–Crippen LogP) is 17.1. The molecule has 53 heavy (non-hydrogen) atoms. The van der Waals surface area contributed by atoms with Crippen molar-refractivity contribution >= 4 is 0 Å². The summed E-state index contributed by atoms with van der Waals surface area (Å²) in [4.78, 5) is 0. The largest absolute Gasteiger partial charge is 0.316 e. The second kappa shape index (κ2) is 35.6. The summed E-state index contributed by atoms with van der Waals surface area (Å²) < 4.78 is 1.21. The number of rotatable bonds is 38. The number of hydrogen-bond acceptors (Lipinski definition) is 0. The lowest BCUT2D eigenvalue weighted by atomic mass is 10.0. The number of hydrogen-bond donors (Lipinski definition) is 0. The molecule has 300 valence electrons. The quantitative estimate of drug-likeness (QED) is 0.0367. The molecule has 0 aromatic heterocycles. The van der Waals surface area contributed by atoms with Crippen molar-refractivity contribution < 1.29 is 4.48 Å². The standard InChI is InChI=1S/C52H88N/c1-3-5-7-9-11-13-15-17-19-21-23-25-27-29-31-33-41-47-53(49-51-43-37-35-38-44-51,50-52-45-39-36-40-46-52)48-42-34-32-30-28-26-24-22-20-18-16-14-12-10-8-6-4-2/h15-18,35-40,43-46H,3-14,19-34,41-42,47-50H2,1-2H3/q+1/b17-15+,18-16+. The molecule has 0 saturated carbocycles. The molecule has 2 aromatic rings. The van der Waals surface area contributed by atoms with Gasteiger partial charge in [0.1, 0.15) is 13.1 Å². The highest BCUT2D eigenvalue weighted by molar-refractivity contribution is 5.15. The van der Waals surface area contributed by atoms with Gasteiger partial charge in [0.2, 0.25) is 0 Å². The van der Waals surface area contributed by atoms with E-state index in [1.165, 1.54) is 221 Å². The van der Waals surface area contributed by atoms with Gasteiger partial charge >= 0.3 is 0 Å². The Bertz CT molecular complexity index is 981. The second-order valence-electron chi connectivity index (χ2n) is 16.7. The number of quaternary nitrogens is 1. The topological polar surface area (TPSA) is 0 Å². The summed E-state index contributed by atoms with van der Waals surface area (Å²) in [7, 11) is 0. The minimum Gasteiger partial charge on any atom is -0.316 e. The zero-order valence-electron chi connectivity index (χ0n) is 35.6. The molecule has 0 aliphatic carbocycles. The average molecular weight is 727 g/mol. The summed E-state index contributed by atoms with van der Waals surface area (Å²) in [6.45, 7) is 9.54. The Morgan fingerprint density at radius 2 is 0.585 bits per heavy atom. The summed E-state index contributed by atoms with van der Waals surface area (Å²) in [6, 6.07) is 22.8. The van der Waals surface area contributed by atoms with Gasteiger partial charge in [-0.15, -0.1) is 0 Å². The Hall–Kier alpha value is -2.12. The van der Waals surface area contributed by atoms with E-state index >= 15 is 0 Å². The van der Waals surface area contributed by atoms with E-state index in [9.17, 15) is 0 Å². The normalized spacial score (nSPS) is 12.1. The van der Waals surface area contributed by atoms with Gasteiger partial charge in [0.25, 0.3) is 0 Å². The molecular weight excluding hydrogens is 639 g/mol. The highest BCUT2D eigenvalue weighted by Crippen LogP contribution is 2.24. The number of nitrogens with zero attached hydrogens (tertiary/aromatic N) is 1. The third kappa shape index (κ3) is 28.0. The Labute approximate surface area is 332 Å². The van der Waals surface area contributed by atoms with Crippen LogP contribution in [0.15, 0.2) is 85.0 Å². The molecule has 0 radical (unpaired) electrons. The van der Waals surface area contributed by atoms with E-state index in [4.69, 9.17) is 0 Å². The van der Waals surface area contributed by atoms with Crippen LogP contribution in [0.2, 0.25) is 0 Å². The molecule has 0 aliphatic rings. The number of allylic oxidation sites excluding steroid dienone is 4. The summed E-state index contributed by atoms with van der Waals surface area (Å²) in [5, 5.41) is 0. The molecule has 1 heteroatoms. The van der Waals surface area contributed by atoms with Crippen LogP contribution in [0.4, 0.5) is 0 Å². The number of benzene rings is 2. The molecule has 0 spiro atoms. The van der Waals surface area contributed by atoms with Gasteiger partial charge in [0.15, 0.2) is 0 Å². The van der Waals surface area contributed by atoms with Crippen molar-refractivity contribution in [2.75, 3.05) is 13.1 Å². The van der Waals surface area contributed by atoms with E-state index < -0.39 is 0 Å². The molecule has 0 atom stereocenters. The van der Waals surface area contributed by atoms with E-state index in [-0.39, 0.29) is 0 Å². The lowest BCUT2D eigenvalue weighted by Crippen LogP contribution is -2.48. The van der Waals surface area contributed by atoms with E-state index in [1.54, 1.807) is 0 Å². The lowest BCUT2D eigenvalue weighted by molar-refractivity contribution is -0.954. The van der Waals surface area contributed by atoms with Crippen LogP contribution in [-0.2, 0) is 13.1 Å². The first-order valence-corrected chi connectivity index (χ1v) is 23.5. The van der Waals surface area contributed by atoms with Crippen LogP contribution >= 0.6 is 0 Å². The summed E-state index contributed by atoms with van der Waals surface area (Å²) in [5.41, 5.74) is 3.01. The van der Waals surface area contributed by atoms with Crippen LogP contribution < -0.4 is 0 Å². The molecular formula is C52H88N+. The van der Waals surface area contributed by atoms with Crippen LogP contribution in [0.25, 0.3) is 0 Å². The predicted molar refractivity (Wildman–Crippen MR) is 238 cm³/mol. The average Bonchev–Trinajstić information content (AvgIpc) is 3.18. The van der Waals surface area contributed by atoms with E-state index in [0.29, 0.717) is 0 Å². The first-order chi connectivity index (χ1) is 26.3. The molecule has 2 rings (SSSR count). The minimum atomic E-state index is 1.16. The molecule has 0 fully saturated rings. The second-order valence-corrected chi connectivity index (χ2v) is 16.7. The van der Waals surface area contributed by atoms with E-state index in [2.05, 4.69) is 98.8 Å². The highest BCUT2D eigenvalue weighted by Gasteiger charge is 2.27. The SMILES string of the molecule is CCCCCCC/C=C/CCCCCCCCCC[N+](CCCCCCCCCC/C=C/CCCCCCC)(Cc1ccccc1)Cc1ccccc1. The van der Waals surface area contributed by atoms with E-state index in [0.717, 1.165) is 13.1 Å². The maximum Gasteiger partial charge on any atom is 0.105 e. The molecule has 0 N–H and O–H groups in total. The van der Waals surface area contributed by atoms with Gasteiger partial charge in [0.05, 0.1) is 13.1 Å². The molecule has 0 unspecified atom stereocenters. The Morgan fingerprint density at radius 1 is 0.321 bits per heavy atom. The Morgan fingerprint density at radius 3 is 0.887 bits per heavy atom. The smallest absolute Gasteiger partial charge is 0.105 e. The van der Waals surface area contributed by atoms with Crippen molar-refractivity contribution in [1.29, 1.82) is 0 Å². The Balaban J connectivity index is 1.68. The first kappa shape index (κ1) is 47.0. The number of unbranched alkanes of at least 4 members (excludes halogenated alkanes) is 26. The fraction of sp³-hybridized carbons (Fsp3) is 0.692. The van der Waals surface area contributed by atoms with Gasteiger partial charge in [-0.05, 0) is 77.0 Å². The molecule has 2 aromatic carbocycles. The van der Waals surface area contributed by atoms with Gasteiger partial charge in [0, 0.05) is 11.1 Å². The van der Waals surface area contributed by atoms with Crippen molar-refractivity contribution in [2.24, 2.45) is 0 Å². The maximum atomic E-state index is 2.45. The van der Waals surface area contributed by atoms with Gasteiger partial charge in [-0.2, -0.15) is 0 Å². The fourth-order valence-electron chi connectivity index (χ4n) is 8.17. The minimum absolute atomic E-state index is 1.16. The van der Waals surface area contributed by atoms with Crippen molar-refractivity contribution in [1.82, 2.24) is 0 Å². The summed E-state index contributed by atoms with van der Waals surface area (Å²) >= 11 is 0. The molecule has 0 amide bonds. The van der Waals surface area contributed by atoms with Crippen molar-refractivity contribution in [3.63, 3.8) is 0 Å². The van der Waals surface area contributed by atoms with Crippen LogP contribution in [0.5, 0.6) is 0 Å². The molecule has 0 saturated heterocycles. The zero-order valence-corrected chi connectivity index (χ0v) is 35.6. The summed E-state index contributed by atoms with van der Waals surface area (Å²) in [5.74, 6) is 0. The molecule has 0 bridgehead atoms. The van der Waals surface area contributed by atoms with Gasteiger partial charge in [-0.25, -0.2) is 0 Å². The van der Waals surface area contributed by atoms with Gasteiger partial charge in [-0.3, -0.25) is 0 Å². The van der Waals surface area contributed by atoms with Crippen molar-refractivity contribution in [3.05, 3.63) is 96.1 Å². The zero-order chi connectivity index (χ0) is 37.6. The monoisotopic (exact) mass is 727 g/mol. The summed E-state index contributed by atoms with van der Waals surface area (Å²) in [6.07, 6.45) is 51.3. The van der Waals surface area contributed by atoms with Gasteiger partial charge < -0.3 is 4.48 Å². The molecule has 0 aliphatic heterocycles. The Kier molecular flexibility index (Phi) is 31.6. The van der Waals surface area contributed by atoms with Crippen molar-refractivity contribution in [3.8, 4) is 0 Å². The van der Waals surface area contributed by atoms with Crippen LogP contribution in [-0.4, -0.2) is 17.6 Å². The highest BCUT2D eigenvalue weighted by atomic mass is 15.3. The van der Waals surface area contributed by atoms with Crippen LogP contribution in [0.3, 0.4) is 0 Å². The van der Waals surface area contributed by atoms with Gasteiger partial charge in [-0.1, -0.05) is 214 Å². The maximum absolute atomic E-state index is 2.45.